The number of anilines is 1. The molecule has 0 aliphatic carbocycles. The van der Waals surface area contributed by atoms with Gasteiger partial charge in [0.1, 0.15) is 4.60 Å². The Hall–Kier alpha value is -0.870. The molecular formula is C11H11BrN2S. The Bertz CT molecular complexity index is 479. The van der Waals surface area contributed by atoms with E-state index in [1.54, 1.807) is 0 Å². The number of rotatable bonds is 2. The summed E-state index contributed by atoms with van der Waals surface area (Å²) in [6.07, 6.45) is 0.886. The summed E-state index contributed by atoms with van der Waals surface area (Å²) in [5.74, 6) is 0. The lowest BCUT2D eigenvalue weighted by molar-refractivity contribution is 1.18. The van der Waals surface area contributed by atoms with Gasteiger partial charge in [0.2, 0.25) is 0 Å². The summed E-state index contributed by atoms with van der Waals surface area (Å²) in [5, 5.41) is 0.615. The molecule has 78 valence electrons. The van der Waals surface area contributed by atoms with Crippen molar-refractivity contribution >= 4 is 32.4 Å². The molecular weight excluding hydrogens is 272 g/mol. The number of hydrogen-bond donors (Lipinski definition) is 1. The summed E-state index contributed by atoms with van der Waals surface area (Å²) in [6.45, 7) is 2.10. The third-order valence-electron chi connectivity index (χ3n) is 2.11. The van der Waals surface area contributed by atoms with Gasteiger partial charge in [0.25, 0.3) is 0 Å². The van der Waals surface area contributed by atoms with Gasteiger partial charge in [-0.3, -0.25) is 0 Å². The highest BCUT2D eigenvalue weighted by Crippen LogP contribution is 2.27. The lowest BCUT2D eigenvalue weighted by atomic mass is 10.1. The number of nitrogen functional groups attached to an aromatic ring is 1. The van der Waals surface area contributed by atoms with E-state index in [0.29, 0.717) is 5.13 Å². The lowest BCUT2D eigenvalue weighted by Gasteiger charge is -2.00. The highest BCUT2D eigenvalue weighted by Gasteiger charge is 2.07. The molecule has 0 amide bonds. The Kier molecular flexibility index (Phi) is 3.07. The topological polar surface area (TPSA) is 38.9 Å². The number of nitrogens with two attached hydrogens (primary N) is 1. The Morgan fingerprint density at radius 1 is 1.47 bits per heavy atom. The van der Waals surface area contributed by atoms with Crippen molar-refractivity contribution in [3.8, 4) is 0 Å². The number of benzene rings is 1. The van der Waals surface area contributed by atoms with Gasteiger partial charge >= 0.3 is 0 Å². The van der Waals surface area contributed by atoms with Crippen LogP contribution >= 0.6 is 27.3 Å². The smallest absolute Gasteiger partial charge is 0.181 e. The number of aromatic nitrogens is 1. The lowest BCUT2D eigenvalue weighted by Crippen LogP contribution is -1.86. The SMILES string of the molecule is Cc1cccc(Cc2sc(N)nc2Br)c1. The van der Waals surface area contributed by atoms with Crippen LogP contribution in [0, 0.1) is 6.92 Å². The van der Waals surface area contributed by atoms with Crippen molar-refractivity contribution in [2.75, 3.05) is 5.73 Å². The van der Waals surface area contributed by atoms with E-state index >= 15 is 0 Å². The molecule has 0 bridgehead atoms. The predicted molar refractivity (Wildman–Crippen MR) is 68.2 cm³/mol. The van der Waals surface area contributed by atoms with Crippen molar-refractivity contribution in [1.29, 1.82) is 0 Å². The molecule has 2 rings (SSSR count). The Morgan fingerprint density at radius 2 is 2.27 bits per heavy atom. The first-order chi connectivity index (χ1) is 7.15. The Morgan fingerprint density at radius 3 is 2.87 bits per heavy atom. The number of aryl methyl sites for hydroxylation is 1. The van der Waals surface area contributed by atoms with Gasteiger partial charge in [-0.25, -0.2) is 4.98 Å². The summed E-state index contributed by atoms with van der Waals surface area (Å²) in [6, 6.07) is 8.47. The van der Waals surface area contributed by atoms with Gasteiger partial charge in [-0.2, -0.15) is 0 Å². The van der Waals surface area contributed by atoms with E-state index in [1.165, 1.54) is 27.3 Å². The highest BCUT2D eigenvalue weighted by atomic mass is 79.9. The van der Waals surface area contributed by atoms with Crippen molar-refractivity contribution in [2.24, 2.45) is 0 Å². The van der Waals surface area contributed by atoms with Crippen molar-refractivity contribution < 1.29 is 0 Å². The van der Waals surface area contributed by atoms with Crippen molar-refractivity contribution in [2.45, 2.75) is 13.3 Å². The largest absolute Gasteiger partial charge is 0.375 e. The van der Waals surface area contributed by atoms with E-state index in [4.69, 9.17) is 5.73 Å². The fourth-order valence-electron chi connectivity index (χ4n) is 1.47. The van der Waals surface area contributed by atoms with Gasteiger partial charge < -0.3 is 5.73 Å². The number of nitrogens with zero attached hydrogens (tertiary/aromatic N) is 1. The van der Waals surface area contributed by atoms with Crippen LogP contribution in [0.25, 0.3) is 0 Å². The summed E-state index contributed by atoms with van der Waals surface area (Å²) in [7, 11) is 0. The number of halogens is 1. The molecule has 0 saturated heterocycles. The fourth-order valence-corrected chi connectivity index (χ4v) is 2.92. The second kappa shape index (κ2) is 4.33. The van der Waals surface area contributed by atoms with Gasteiger partial charge in [-0.1, -0.05) is 29.8 Å². The Labute approximate surface area is 101 Å². The van der Waals surface area contributed by atoms with Crippen LogP contribution in [0.1, 0.15) is 16.0 Å². The third-order valence-corrected chi connectivity index (χ3v) is 3.92. The Balaban J connectivity index is 2.25. The molecule has 0 spiro atoms. The van der Waals surface area contributed by atoms with Gasteiger partial charge in [-0.05, 0) is 28.4 Å². The van der Waals surface area contributed by atoms with E-state index in [2.05, 4.69) is 52.1 Å². The molecule has 15 heavy (non-hydrogen) atoms. The normalized spacial score (nSPS) is 10.5. The molecule has 0 unspecified atom stereocenters. The van der Waals surface area contributed by atoms with Gasteiger partial charge in [0.05, 0.1) is 0 Å². The zero-order valence-electron chi connectivity index (χ0n) is 8.33. The molecule has 0 saturated carbocycles. The summed E-state index contributed by atoms with van der Waals surface area (Å²) in [5.41, 5.74) is 8.21. The van der Waals surface area contributed by atoms with Crippen LogP contribution < -0.4 is 5.73 Å². The summed E-state index contributed by atoms with van der Waals surface area (Å²) >= 11 is 4.95. The van der Waals surface area contributed by atoms with E-state index in [9.17, 15) is 0 Å². The van der Waals surface area contributed by atoms with Crippen molar-refractivity contribution in [1.82, 2.24) is 4.98 Å². The second-order valence-electron chi connectivity index (χ2n) is 3.43. The average Bonchev–Trinajstić information content (AvgIpc) is 2.45. The van der Waals surface area contributed by atoms with Crippen LogP contribution in [0.4, 0.5) is 5.13 Å². The van der Waals surface area contributed by atoms with Crippen molar-refractivity contribution in [3.63, 3.8) is 0 Å². The second-order valence-corrected chi connectivity index (χ2v) is 5.30. The zero-order valence-corrected chi connectivity index (χ0v) is 10.7. The van der Waals surface area contributed by atoms with Gasteiger partial charge in [0.15, 0.2) is 5.13 Å². The predicted octanol–water partition coefficient (Wildman–Crippen LogP) is 3.39. The molecule has 1 aromatic carbocycles. The molecule has 2 aromatic rings. The standard InChI is InChI=1S/C11H11BrN2S/c1-7-3-2-4-8(5-7)6-9-10(12)14-11(13)15-9/h2-5H,6H2,1H3,(H2,13,14). The molecule has 0 radical (unpaired) electrons. The first-order valence-corrected chi connectivity index (χ1v) is 6.22. The van der Waals surface area contributed by atoms with E-state index in [0.717, 1.165) is 11.0 Å². The van der Waals surface area contributed by atoms with Crippen molar-refractivity contribution in [3.05, 3.63) is 44.9 Å². The molecule has 0 atom stereocenters. The minimum atomic E-state index is 0.615. The minimum Gasteiger partial charge on any atom is -0.375 e. The van der Waals surface area contributed by atoms with Gasteiger partial charge in [-0.15, -0.1) is 11.3 Å². The third kappa shape index (κ3) is 2.58. The van der Waals surface area contributed by atoms with E-state index in [-0.39, 0.29) is 0 Å². The monoisotopic (exact) mass is 282 g/mol. The molecule has 1 aromatic heterocycles. The number of hydrogen-bond acceptors (Lipinski definition) is 3. The quantitative estimate of drug-likeness (QED) is 0.917. The first-order valence-electron chi connectivity index (χ1n) is 4.61. The van der Waals surface area contributed by atoms with E-state index in [1.807, 2.05) is 0 Å². The first kappa shape index (κ1) is 10.6. The van der Waals surface area contributed by atoms with Crippen LogP contribution in [0.3, 0.4) is 0 Å². The summed E-state index contributed by atoms with van der Waals surface area (Å²) < 4.78 is 0.867. The minimum absolute atomic E-state index is 0.615. The average molecular weight is 283 g/mol. The molecule has 0 aliphatic rings. The highest BCUT2D eigenvalue weighted by molar-refractivity contribution is 9.10. The molecule has 4 heteroatoms. The molecule has 2 nitrogen and oxygen atoms in total. The molecule has 0 aliphatic heterocycles. The maximum absolute atomic E-state index is 5.64. The molecule has 0 fully saturated rings. The fraction of sp³-hybridized carbons (Fsp3) is 0.182. The maximum atomic E-state index is 5.64. The van der Waals surface area contributed by atoms with Crippen LogP contribution in [0.15, 0.2) is 28.9 Å². The van der Waals surface area contributed by atoms with Gasteiger partial charge in [0, 0.05) is 11.3 Å². The van der Waals surface area contributed by atoms with Crippen LogP contribution in [-0.2, 0) is 6.42 Å². The van der Waals surface area contributed by atoms with Crippen LogP contribution in [0.2, 0.25) is 0 Å². The van der Waals surface area contributed by atoms with Crippen LogP contribution in [-0.4, -0.2) is 4.98 Å². The molecule has 2 N–H and O–H groups in total. The van der Waals surface area contributed by atoms with Crippen LogP contribution in [0.5, 0.6) is 0 Å². The summed E-state index contributed by atoms with van der Waals surface area (Å²) in [4.78, 5) is 5.32. The van der Waals surface area contributed by atoms with E-state index < -0.39 is 0 Å². The molecule has 1 heterocycles. The zero-order chi connectivity index (χ0) is 10.8. The maximum Gasteiger partial charge on any atom is 0.181 e. The number of thiazole rings is 1.